The van der Waals surface area contributed by atoms with Crippen LogP contribution < -0.4 is 14.7 Å². The van der Waals surface area contributed by atoms with Gasteiger partial charge in [-0.1, -0.05) is 0 Å². The summed E-state index contributed by atoms with van der Waals surface area (Å²) in [5, 5.41) is 0. The van der Waals surface area contributed by atoms with Gasteiger partial charge in [0.25, 0.3) is 23.5 Å². The summed E-state index contributed by atoms with van der Waals surface area (Å²) in [7, 11) is -11.7. The largest absolute Gasteiger partial charge is 0.756 e. The van der Waals surface area contributed by atoms with E-state index in [1.165, 1.54) is 0 Å². The van der Waals surface area contributed by atoms with E-state index >= 15 is 0 Å². The molecule has 1 aliphatic rings. The van der Waals surface area contributed by atoms with Crippen molar-refractivity contribution in [2.75, 3.05) is 13.2 Å². The fraction of sp³-hybridized carbons (Fsp3) is 1.00. The molecule has 1 fully saturated rings. The summed E-state index contributed by atoms with van der Waals surface area (Å²) in [5.41, 5.74) is 0. The average Bonchev–Trinajstić information content (AvgIpc) is 2.63. The molecule has 2 radical (unpaired) electrons. The van der Waals surface area contributed by atoms with E-state index in [1.54, 1.807) is 6.92 Å². The van der Waals surface area contributed by atoms with E-state index in [9.17, 15) is 28.4 Å². The molecular formula is C7H13BO12P3-3. The summed E-state index contributed by atoms with van der Waals surface area (Å²) >= 11 is 0. The van der Waals surface area contributed by atoms with Crippen molar-refractivity contribution in [1.29, 1.82) is 0 Å². The molecule has 1 heterocycles. The Labute approximate surface area is 132 Å². The molecule has 6 atom stereocenters. The fourth-order valence-electron chi connectivity index (χ4n) is 1.74. The Kier molecular flexibility index (Phi) is 7.63. The van der Waals surface area contributed by atoms with E-state index < -0.39 is 48.3 Å². The zero-order chi connectivity index (χ0) is 17.9. The first-order valence-electron chi connectivity index (χ1n) is 6.09. The van der Waals surface area contributed by atoms with Gasteiger partial charge in [0.2, 0.25) is 0 Å². The van der Waals surface area contributed by atoms with Gasteiger partial charge in [-0.2, -0.15) is 0 Å². The van der Waals surface area contributed by atoms with E-state index in [0.717, 1.165) is 0 Å². The molecule has 23 heavy (non-hydrogen) atoms. The number of hydrogen-bond donors (Lipinski definition) is 1. The summed E-state index contributed by atoms with van der Waals surface area (Å²) in [6.45, 7) is 1.29. The van der Waals surface area contributed by atoms with Gasteiger partial charge in [-0.25, -0.2) is 8.62 Å². The van der Waals surface area contributed by atoms with Gasteiger partial charge >= 0.3 is 0 Å². The van der Waals surface area contributed by atoms with Gasteiger partial charge < -0.3 is 33.6 Å². The summed E-state index contributed by atoms with van der Waals surface area (Å²) in [6.07, 6.45) is -1.23. The molecule has 0 aromatic heterocycles. The SMILES string of the molecule is [B]C1CC(OCC)C(COP(=O)([O-])OP(=O)([O-])OP(=O)([O-])O)O1. The fourth-order valence-corrected chi connectivity index (χ4v) is 4.63. The van der Waals surface area contributed by atoms with Crippen molar-refractivity contribution in [3.05, 3.63) is 0 Å². The minimum absolute atomic E-state index is 0.263. The van der Waals surface area contributed by atoms with Gasteiger partial charge in [0, 0.05) is 12.6 Å². The quantitative estimate of drug-likeness (QED) is 0.340. The highest BCUT2D eigenvalue weighted by atomic mass is 31.3. The van der Waals surface area contributed by atoms with Gasteiger partial charge in [-0.05, 0) is 13.3 Å². The van der Waals surface area contributed by atoms with Crippen LogP contribution in [0.2, 0.25) is 0 Å². The van der Waals surface area contributed by atoms with Crippen LogP contribution in [0.1, 0.15) is 13.3 Å². The van der Waals surface area contributed by atoms with Crippen LogP contribution in [0.4, 0.5) is 0 Å². The predicted molar refractivity (Wildman–Crippen MR) is 67.6 cm³/mol. The number of phosphoric acid groups is 3. The lowest BCUT2D eigenvalue weighted by atomic mass is 9.96. The Morgan fingerprint density at radius 1 is 1.22 bits per heavy atom. The number of ether oxygens (including phenoxy) is 2. The van der Waals surface area contributed by atoms with E-state index in [-0.39, 0.29) is 6.42 Å². The Morgan fingerprint density at radius 3 is 2.35 bits per heavy atom. The number of rotatable bonds is 9. The monoisotopic (exact) mass is 393 g/mol. The van der Waals surface area contributed by atoms with Crippen molar-refractivity contribution in [2.45, 2.75) is 31.6 Å². The molecule has 6 unspecified atom stereocenters. The van der Waals surface area contributed by atoms with Gasteiger partial charge in [0.15, 0.2) is 0 Å². The molecular weight excluding hydrogens is 380 g/mol. The summed E-state index contributed by atoms with van der Waals surface area (Å²) in [6, 6.07) is -0.721. The van der Waals surface area contributed by atoms with Gasteiger partial charge in [0.1, 0.15) is 14.0 Å². The third-order valence-electron chi connectivity index (χ3n) is 2.41. The van der Waals surface area contributed by atoms with Crippen molar-refractivity contribution >= 4 is 31.3 Å². The molecule has 1 rings (SSSR count). The van der Waals surface area contributed by atoms with Gasteiger partial charge in [-0.3, -0.25) is 13.7 Å². The van der Waals surface area contributed by atoms with Crippen molar-refractivity contribution in [3.8, 4) is 0 Å². The first-order chi connectivity index (χ1) is 10.3. The number of hydrogen-bond acceptors (Lipinski definition) is 11. The lowest BCUT2D eigenvalue weighted by Gasteiger charge is -2.33. The average molecular weight is 393 g/mol. The van der Waals surface area contributed by atoms with Crippen molar-refractivity contribution in [2.24, 2.45) is 0 Å². The second-order valence-electron chi connectivity index (χ2n) is 4.26. The van der Waals surface area contributed by atoms with Gasteiger partial charge in [-0.15, -0.1) is 0 Å². The lowest BCUT2D eigenvalue weighted by molar-refractivity contribution is -0.250. The van der Waals surface area contributed by atoms with Crippen LogP contribution in [0.25, 0.3) is 0 Å². The molecule has 0 aliphatic carbocycles. The minimum atomic E-state index is -5.91. The molecule has 0 spiro atoms. The van der Waals surface area contributed by atoms with Crippen molar-refractivity contribution in [1.82, 2.24) is 0 Å². The number of phosphoric ester groups is 1. The Morgan fingerprint density at radius 2 is 1.83 bits per heavy atom. The van der Waals surface area contributed by atoms with E-state index in [4.69, 9.17) is 22.2 Å². The minimum Gasteiger partial charge on any atom is -0.756 e. The molecule has 0 saturated carbocycles. The smallest absolute Gasteiger partial charge is 0.280 e. The second-order valence-corrected chi connectivity index (χ2v) is 8.56. The molecule has 0 aromatic carbocycles. The normalized spacial score (nSPS) is 32.8. The maximum atomic E-state index is 11.4. The predicted octanol–water partition coefficient (Wildman–Crippen LogP) is -1.88. The third-order valence-corrected chi connectivity index (χ3v) is 6.10. The maximum absolute atomic E-state index is 11.4. The molecule has 1 saturated heterocycles. The first kappa shape index (κ1) is 21.4. The molecule has 12 nitrogen and oxygen atoms in total. The molecule has 1 aliphatic heterocycles. The summed E-state index contributed by atoms with van der Waals surface area (Å²) < 4.78 is 53.9. The maximum Gasteiger partial charge on any atom is 0.280 e. The van der Waals surface area contributed by atoms with Crippen LogP contribution in [0, 0.1) is 0 Å². The molecule has 0 bridgehead atoms. The Balaban J connectivity index is 2.60. The highest BCUT2D eigenvalue weighted by molar-refractivity contribution is 7.65. The molecule has 0 aromatic rings. The molecule has 16 heteroatoms. The zero-order valence-corrected chi connectivity index (χ0v) is 14.4. The third kappa shape index (κ3) is 8.35. The second kappa shape index (κ2) is 8.18. The topological polar surface area (TPSA) is 187 Å². The lowest BCUT2D eigenvalue weighted by Crippen LogP contribution is -2.30. The Hall–Kier alpha value is 0.395. The van der Waals surface area contributed by atoms with Crippen LogP contribution >= 0.6 is 23.5 Å². The highest BCUT2D eigenvalue weighted by Gasteiger charge is 2.35. The molecule has 134 valence electrons. The first-order valence-corrected chi connectivity index (χ1v) is 10.5. The van der Waals surface area contributed by atoms with E-state index in [0.29, 0.717) is 6.61 Å². The Bertz CT molecular complexity index is 535. The van der Waals surface area contributed by atoms with Crippen LogP contribution in [0.3, 0.4) is 0 Å². The van der Waals surface area contributed by atoms with Crippen molar-refractivity contribution < 1.29 is 55.9 Å². The molecule has 0 amide bonds. The van der Waals surface area contributed by atoms with Crippen molar-refractivity contribution in [3.63, 3.8) is 0 Å². The highest BCUT2D eigenvalue weighted by Crippen LogP contribution is 2.61. The molecule has 1 N–H and O–H groups in total. The van der Waals surface area contributed by atoms with Crippen LogP contribution in [0.5, 0.6) is 0 Å². The summed E-state index contributed by atoms with van der Waals surface area (Å²) in [5.74, 6) is 0. The van der Waals surface area contributed by atoms with E-state index in [1.807, 2.05) is 0 Å². The van der Waals surface area contributed by atoms with Crippen LogP contribution in [-0.4, -0.2) is 44.2 Å². The van der Waals surface area contributed by atoms with E-state index in [2.05, 4.69) is 13.1 Å². The standard InChI is InChI=1S/C7H16BO12P3/c1-2-16-5-3-7(8)18-6(5)4-17-22(12,13)20-23(14,15)19-21(9,10)11/h5-7H,2-4H2,1H3,(H,12,13)(H,14,15)(H2,9,10,11)/p-3. The van der Waals surface area contributed by atoms with Crippen LogP contribution in [0.15, 0.2) is 0 Å². The van der Waals surface area contributed by atoms with Gasteiger partial charge in [0.05, 0.1) is 12.7 Å². The van der Waals surface area contributed by atoms with Crippen LogP contribution in [-0.2, 0) is 36.3 Å². The zero-order valence-electron chi connectivity index (χ0n) is 11.7. The summed E-state index contributed by atoms with van der Waals surface area (Å²) in [4.78, 5) is 40.9.